The number of hydrogen-bond acceptors (Lipinski definition) is 0. The molecule has 26 valence electrons. The Morgan fingerprint density at radius 1 is 1.25 bits per heavy atom. The van der Waals surface area contributed by atoms with Crippen LogP contribution in [-0.2, 0) is 34.8 Å². The molecular formula is F2NiZn. The van der Waals surface area contributed by atoms with E-state index in [2.05, 4.69) is 0 Å². The Morgan fingerprint density at radius 2 is 1.25 bits per heavy atom. The Bertz CT molecular complexity index is 6.00. The van der Waals surface area contributed by atoms with Gasteiger partial charge in [0.25, 0.3) is 0 Å². The van der Waals surface area contributed by atoms with Crippen LogP contribution in [0.3, 0.4) is 0 Å². The van der Waals surface area contributed by atoms with Crippen molar-refractivity contribution in [1.82, 2.24) is 0 Å². The second kappa shape index (κ2) is 9.02. The first-order valence-electron chi connectivity index (χ1n) is 0.239. The third-order valence-corrected chi connectivity index (χ3v) is 0. The van der Waals surface area contributed by atoms with Crippen LogP contribution in [0.4, 0.5) is 7.21 Å². The van der Waals surface area contributed by atoms with Crippen LogP contribution in [0.25, 0.3) is 0 Å². The maximum atomic E-state index is 9.56. The first-order valence-corrected chi connectivity index (χ1v) is 0.986. The van der Waals surface area contributed by atoms with Crippen LogP contribution in [0.1, 0.15) is 0 Å². The van der Waals surface area contributed by atoms with E-state index in [0.717, 1.165) is 0 Å². The fourth-order valence-corrected chi connectivity index (χ4v) is 0. The molecule has 0 bridgehead atoms. The fraction of sp³-hybridized carbons (Fsp3) is 0. The van der Waals surface area contributed by atoms with Gasteiger partial charge in [0.2, 0.25) is 0 Å². The van der Waals surface area contributed by atoms with Crippen LogP contribution in [0.2, 0.25) is 0 Å². The first-order chi connectivity index (χ1) is 1.41. The van der Waals surface area contributed by atoms with Gasteiger partial charge in [-0.15, -0.1) is 0 Å². The summed E-state index contributed by atoms with van der Waals surface area (Å²) >= 11 is -1.38. The molecule has 0 atom stereocenters. The van der Waals surface area contributed by atoms with Crippen molar-refractivity contribution in [2.45, 2.75) is 0 Å². The predicted octanol–water partition coefficient (Wildman–Crippen LogP) is 0.835. The summed E-state index contributed by atoms with van der Waals surface area (Å²) in [5.41, 5.74) is 0. The quantitative estimate of drug-likeness (QED) is 0.463. The van der Waals surface area contributed by atoms with Gasteiger partial charge in [0.15, 0.2) is 0 Å². The van der Waals surface area contributed by atoms with Crippen molar-refractivity contribution in [3.05, 3.63) is 0 Å². The van der Waals surface area contributed by atoms with Gasteiger partial charge < -0.3 is 0 Å². The van der Waals surface area contributed by atoms with Crippen molar-refractivity contribution in [1.29, 1.82) is 0 Å². The van der Waals surface area contributed by atoms with Gasteiger partial charge in [0.05, 0.1) is 0 Å². The molecule has 0 rings (SSSR count). The molecule has 4 heavy (non-hydrogen) atoms. The van der Waals surface area contributed by atoms with Crippen LogP contribution in [0.15, 0.2) is 0 Å². The largest absolute Gasteiger partial charge is 0 e. The third-order valence-electron chi connectivity index (χ3n) is 0. The summed E-state index contributed by atoms with van der Waals surface area (Å²) in [7, 11) is 0. The van der Waals surface area contributed by atoms with Crippen molar-refractivity contribution in [2.24, 2.45) is 0 Å². The van der Waals surface area contributed by atoms with Gasteiger partial charge in [0.1, 0.15) is 0 Å². The average Bonchev–Trinajstić information content (AvgIpc) is 0.918. The average molecular weight is 162 g/mol. The van der Waals surface area contributed by atoms with Gasteiger partial charge in [-0.1, -0.05) is 0 Å². The molecule has 0 aromatic heterocycles. The van der Waals surface area contributed by atoms with E-state index >= 15 is 0 Å². The summed E-state index contributed by atoms with van der Waals surface area (Å²) in [5.74, 6) is 0. The molecular weight excluding hydrogens is 162 g/mol. The third kappa shape index (κ3) is 12.2. The molecule has 0 aliphatic carbocycles. The number of hydrogen-bond donors (Lipinski definition) is 0. The molecule has 0 radical (unpaired) electrons. The summed E-state index contributed by atoms with van der Waals surface area (Å²) in [4.78, 5) is 0. The smallest absolute Gasteiger partial charge is 0 e. The summed E-state index contributed by atoms with van der Waals surface area (Å²) in [5, 5.41) is 0. The summed E-state index contributed by atoms with van der Waals surface area (Å²) in [6, 6.07) is 0. The molecule has 0 saturated carbocycles. The first kappa shape index (κ1) is 8.88. The maximum Gasteiger partial charge on any atom is 0 e. The minimum Gasteiger partial charge on any atom is 0 e. The summed E-state index contributed by atoms with van der Waals surface area (Å²) in [6.07, 6.45) is 0. The fourth-order valence-electron chi connectivity index (χ4n) is 0. The van der Waals surface area contributed by atoms with Crippen molar-refractivity contribution in [3.63, 3.8) is 0 Å². The normalized spacial score (nSPS) is 5.50. The van der Waals surface area contributed by atoms with E-state index in [4.69, 9.17) is 0 Å². The van der Waals surface area contributed by atoms with Gasteiger partial charge in [-0.05, 0) is 0 Å². The molecule has 0 N–H and O–H groups in total. The van der Waals surface area contributed by atoms with Gasteiger partial charge >= 0.3 is 22.5 Å². The second-order valence-electron chi connectivity index (χ2n) is 0.0452. The number of rotatable bonds is 0. The minimum atomic E-state index is -1.38. The number of halogens is 2. The zero-order valence-electron chi connectivity index (χ0n) is 1.78. The Balaban J connectivity index is 0. The zero-order valence-corrected chi connectivity index (χ0v) is 5.73. The molecule has 0 aliphatic rings. The molecule has 4 heteroatoms. The van der Waals surface area contributed by atoms with E-state index < -0.39 is 15.3 Å². The molecule has 0 unspecified atom stereocenters. The van der Waals surface area contributed by atoms with Gasteiger partial charge in [-0.3, -0.25) is 0 Å². The summed E-state index contributed by atoms with van der Waals surface area (Å²) < 4.78 is 19.1. The van der Waals surface area contributed by atoms with Crippen molar-refractivity contribution >= 4 is 0 Å². The zero-order chi connectivity index (χ0) is 2.71. The molecule has 0 saturated heterocycles. The van der Waals surface area contributed by atoms with Crippen molar-refractivity contribution < 1.29 is 42.0 Å². The SMILES string of the molecule is [F][Ni][F].[Zn]. The van der Waals surface area contributed by atoms with E-state index in [0.29, 0.717) is 0 Å². The molecule has 0 amide bonds. The Morgan fingerprint density at radius 3 is 1.25 bits per heavy atom. The van der Waals surface area contributed by atoms with E-state index in [1.54, 1.807) is 0 Å². The van der Waals surface area contributed by atoms with Gasteiger partial charge in [0, 0.05) is 19.5 Å². The maximum absolute atomic E-state index is 9.56. The molecule has 0 aliphatic heterocycles. The topological polar surface area (TPSA) is 0 Å². The van der Waals surface area contributed by atoms with Crippen molar-refractivity contribution in [2.75, 3.05) is 0 Å². The van der Waals surface area contributed by atoms with Crippen LogP contribution < -0.4 is 0 Å². The van der Waals surface area contributed by atoms with E-state index in [-0.39, 0.29) is 19.5 Å². The molecule has 0 fully saturated rings. The van der Waals surface area contributed by atoms with Crippen LogP contribution >= 0.6 is 0 Å². The van der Waals surface area contributed by atoms with Crippen LogP contribution in [-0.4, -0.2) is 0 Å². The van der Waals surface area contributed by atoms with Crippen LogP contribution in [0, 0.1) is 0 Å². The Kier molecular flexibility index (Phi) is 20.0. The molecule has 0 heterocycles. The Labute approximate surface area is 42.4 Å². The van der Waals surface area contributed by atoms with Crippen molar-refractivity contribution in [3.8, 4) is 0 Å². The van der Waals surface area contributed by atoms with Gasteiger partial charge in [-0.2, -0.15) is 0 Å². The standard InChI is InChI=1S/2FH.Ni.Zn/h2*1H;;/q;;+2;/p-2. The molecule has 0 nitrogen and oxygen atoms in total. The van der Waals surface area contributed by atoms with E-state index in [1.165, 1.54) is 0 Å². The molecule has 0 aromatic rings. The predicted molar refractivity (Wildman–Crippen MR) is 2.22 cm³/mol. The minimum absolute atomic E-state index is 0. The van der Waals surface area contributed by atoms with Crippen LogP contribution in [0.5, 0.6) is 0 Å². The molecule has 0 aromatic carbocycles. The molecule has 0 spiro atoms. The second-order valence-corrected chi connectivity index (χ2v) is 0.186. The summed E-state index contributed by atoms with van der Waals surface area (Å²) in [6.45, 7) is 0. The van der Waals surface area contributed by atoms with E-state index in [1.807, 2.05) is 0 Å². The van der Waals surface area contributed by atoms with E-state index in [9.17, 15) is 7.21 Å². The Hall–Kier alpha value is 0.977. The van der Waals surface area contributed by atoms with Gasteiger partial charge in [-0.25, -0.2) is 0 Å². The monoisotopic (exact) mass is 160 g/mol.